The number of anilines is 1. The first-order valence-corrected chi connectivity index (χ1v) is 6.42. The molecule has 0 bridgehead atoms. The van der Waals surface area contributed by atoms with E-state index >= 15 is 0 Å². The first kappa shape index (κ1) is 13.1. The average Bonchev–Trinajstić information content (AvgIpc) is 2.34. The maximum absolute atomic E-state index is 5.80. The summed E-state index contributed by atoms with van der Waals surface area (Å²) in [6, 6.07) is 3.81. The van der Waals surface area contributed by atoms with Crippen molar-refractivity contribution in [2.45, 2.75) is 6.92 Å². The average molecular weight is 250 g/mol. The highest BCUT2D eigenvalue weighted by Gasteiger charge is 2.13. The van der Waals surface area contributed by atoms with Crippen LogP contribution >= 0.6 is 0 Å². The molecule has 2 heterocycles. The topological polar surface area (TPSA) is 54.6 Å². The summed E-state index contributed by atoms with van der Waals surface area (Å²) in [4.78, 5) is 8.94. The van der Waals surface area contributed by atoms with Gasteiger partial charge in [0.05, 0.1) is 0 Å². The summed E-state index contributed by atoms with van der Waals surface area (Å²) in [5, 5.41) is 0. The molecular formula is C13H22N4O. The van der Waals surface area contributed by atoms with Crippen LogP contribution in [0.5, 0.6) is 5.75 Å². The van der Waals surface area contributed by atoms with Crippen molar-refractivity contribution in [3.63, 3.8) is 0 Å². The summed E-state index contributed by atoms with van der Waals surface area (Å²) in [5.41, 5.74) is 6.72. The van der Waals surface area contributed by atoms with Gasteiger partial charge in [0.25, 0.3) is 0 Å². The third kappa shape index (κ3) is 3.58. The zero-order valence-electron chi connectivity index (χ0n) is 11.2. The number of pyridine rings is 1. The van der Waals surface area contributed by atoms with Crippen LogP contribution in [0.3, 0.4) is 0 Å². The molecule has 18 heavy (non-hydrogen) atoms. The number of rotatable bonds is 4. The number of piperazine rings is 1. The van der Waals surface area contributed by atoms with Crippen LogP contribution < -0.4 is 10.5 Å². The quantitative estimate of drug-likeness (QED) is 0.848. The Morgan fingerprint density at radius 2 is 2.00 bits per heavy atom. The molecule has 1 aromatic heterocycles. The van der Waals surface area contributed by atoms with Gasteiger partial charge in [-0.25, -0.2) is 4.98 Å². The number of nitrogen functional groups attached to an aromatic ring is 1. The van der Waals surface area contributed by atoms with E-state index in [1.807, 2.05) is 19.1 Å². The minimum absolute atomic E-state index is 0.480. The maximum atomic E-state index is 5.80. The van der Waals surface area contributed by atoms with Gasteiger partial charge in [-0.3, -0.25) is 4.90 Å². The Morgan fingerprint density at radius 3 is 2.67 bits per heavy atom. The standard InChI is InChI=1S/C13H22N4O/c1-11-3-4-12(13(14)15-11)18-10-9-17-7-5-16(2)6-8-17/h3-4H,5-10H2,1-2H3,(H2,14,15). The van der Waals surface area contributed by atoms with Crippen molar-refractivity contribution in [3.8, 4) is 5.75 Å². The minimum Gasteiger partial charge on any atom is -0.488 e. The molecule has 0 saturated carbocycles. The molecule has 1 aliphatic heterocycles. The Hall–Kier alpha value is -1.33. The highest BCUT2D eigenvalue weighted by atomic mass is 16.5. The molecular weight excluding hydrogens is 228 g/mol. The Bertz CT molecular complexity index is 389. The number of nitrogens with two attached hydrogens (primary N) is 1. The second-order valence-corrected chi connectivity index (χ2v) is 4.83. The van der Waals surface area contributed by atoms with Gasteiger partial charge in [0.15, 0.2) is 11.6 Å². The van der Waals surface area contributed by atoms with Crippen LogP contribution in [-0.4, -0.2) is 61.2 Å². The molecule has 1 fully saturated rings. The largest absolute Gasteiger partial charge is 0.488 e. The molecule has 2 N–H and O–H groups in total. The van der Waals surface area contributed by atoms with Gasteiger partial charge >= 0.3 is 0 Å². The van der Waals surface area contributed by atoms with Gasteiger partial charge in [0.2, 0.25) is 0 Å². The number of aromatic nitrogens is 1. The van der Waals surface area contributed by atoms with E-state index in [1.54, 1.807) is 0 Å². The smallest absolute Gasteiger partial charge is 0.166 e. The van der Waals surface area contributed by atoms with Gasteiger partial charge in [-0.2, -0.15) is 0 Å². The molecule has 1 aromatic rings. The van der Waals surface area contributed by atoms with E-state index < -0.39 is 0 Å². The van der Waals surface area contributed by atoms with Gasteiger partial charge in [0, 0.05) is 38.4 Å². The molecule has 1 saturated heterocycles. The van der Waals surface area contributed by atoms with Gasteiger partial charge in [-0.15, -0.1) is 0 Å². The van der Waals surface area contributed by atoms with Crippen molar-refractivity contribution in [2.24, 2.45) is 0 Å². The number of likely N-dealkylation sites (N-methyl/N-ethyl adjacent to an activating group) is 1. The van der Waals surface area contributed by atoms with Gasteiger partial charge in [-0.1, -0.05) is 0 Å². The number of nitrogens with zero attached hydrogens (tertiary/aromatic N) is 3. The maximum Gasteiger partial charge on any atom is 0.166 e. The summed E-state index contributed by atoms with van der Waals surface area (Å²) < 4.78 is 5.68. The van der Waals surface area contributed by atoms with E-state index in [-0.39, 0.29) is 0 Å². The van der Waals surface area contributed by atoms with Crippen LogP contribution in [0.15, 0.2) is 12.1 Å². The Balaban J connectivity index is 1.75. The first-order valence-electron chi connectivity index (χ1n) is 6.42. The molecule has 0 unspecified atom stereocenters. The molecule has 0 radical (unpaired) electrons. The van der Waals surface area contributed by atoms with E-state index in [1.165, 1.54) is 0 Å². The fourth-order valence-electron chi connectivity index (χ4n) is 2.04. The lowest BCUT2D eigenvalue weighted by molar-refractivity contribution is 0.134. The summed E-state index contributed by atoms with van der Waals surface area (Å²) in [6.45, 7) is 8.02. The van der Waals surface area contributed by atoms with Crippen molar-refractivity contribution in [1.82, 2.24) is 14.8 Å². The molecule has 0 aromatic carbocycles. The predicted octanol–water partition coefficient (Wildman–Crippen LogP) is 0.598. The third-order valence-corrected chi connectivity index (χ3v) is 3.29. The lowest BCUT2D eigenvalue weighted by Crippen LogP contribution is -2.45. The molecule has 0 spiro atoms. The molecule has 0 amide bonds. The molecule has 0 atom stereocenters. The normalized spacial score (nSPS) is 17.9. The van der Waals surface area contributed by atoms with E-state index in [2.05, 4.69) is 21.8 Å². The van der Waals surface area contributed by atoms with Crippen molar-refractivity contribution >= 4 is 5.82 Å². The number of ether oxygens (including phenoxy) is 1. The highest BCUT2D eigenvalue weighted by Crippen LogP contribution is 2.18. The fraction of sp³-hybridized carbons (Fsp3) is 0.615. The molecule has 100 valence electrons. The number of hydrogen-bond acceptors (Lipinski definition) is 5. The molecule has 1 aliphatic rings. The monoisotopic (exact) mass is 250 g/mol. The minimum atomic E-state index is 0.480. The summed E-state index contributed by atoms with van der Waals surface area (Å²) in [7, 11) is 2.16. The zero-order chi connectivity index (χ0) is 13.0. The van der Waals surface area contributed by atoms with Crippen LogP contribution in [0.4, 0.5) is 5.82 Å². The summed E-state index contributed by atoms with van der Waals surface area (Å²) in [5.74, 6) is 1.17. The van der Waals surface area contributed by atoms with Crippen molar-refractivity contribution < 1.29 is 4.74 Å². The fourth-order valence-corrected chi connectivity index (χ4v) is 2.04. The van der Waals surface area contributed by atoms with Crippen LogP contribution in [0.25, 0.3) is 0 Å². The van der Waals surface area contributed by atoms with Crippen LogP contribution in [-0.2, 0) is 0 Å². The Morgan fingerprint density at radius 1 is 1.28 bits per heavy atom. The van der Waals surface area contributed by atoms with Crippen LogP contribution in [0, 0.1) is 6.92 Å². The van der Waals surface area contributed by atoms with E-state index in [0.29, 0.717) is 18.2 Å². The molecule has 0 aliphatic carbocycles. The van der Waals surface area contributed by atoms with Crippen LogP contribution in [0.1, 0.15) is 5.69 Å². The van der Waals surface area contributed by atoms with Gasteiger partial charge in [0.1, 0.15) is 6.61 Å². The molecule has 5 heteroatoms. The van der Waals surface area contributed by atoms with E-state index in [9.17, 15) is 0 Å². The Labute approximate surface area is 109 Å². The van der Waals surface area contributed by atoms with E-state index in [0.717, 1.165) is 38.4 Å². The summed E-state index contributed by atoms with van der Waals surface area (Å²) in [6.07, 6.45) is 0. The SMILES string of the molecule is Cc1ccc(OCCN2CCN(C)CC2)c(N)n1. The lowest BCUT2D eigenvalue weighted by Gasteiger charge is -2.32. The number of hydrogen-bond donors (Lipinski definition) is 1. The molecule has 2 rings (SSSR count). The van der Waals surface area contributed by atoms with Crippen molar-refractivity contribution in [1.29, 1.82) is 0 Å². The highest BCUT2D eigenvalue weighted by molar-refractivity contribution is 5.46. The van der Waals surface area contributed by atoms with Gasteiger partial charge in [-0.05, 0) is 26.1 Å². The van der Waals surface area contributed by atoms with E-state index in [4.69, 9.17) is 10.5 Å². The van der Waals surface area contributed by atoms with Gasteiger partial charge < -0.3 is 15.4 Å². The number of aryl methyl sites for hydroxylation is 1. The second-order valence-electron chi connectivity index (χ2n) is 4.83. The second kappa shape index (κ2) is 6.02. The third-order valence-electron chi connectivity index (χ3n) is 3.29. The Kier molecular flexibility index (Phi) is 4.38. The first-order chi connectivity index (χ1) is 8.65. The molecule has 5 nitrogen and oxygen atoms in total. The zero-order valence-corrected chi connectivity index (χ0v) is 11.2. The van der Waals surface area contributed by atoms with Crippen LogP contribution in [0.2, 0.25) is 0 Å². The van der Waals surface area contributed by atoms with Crippen molar-refractivity contribution in [3.05, 3.63) is 17.8 Å². The predicted molar refractivity (Wildman–Crippen MR) is 72.8 cm³/mol. The van der Waals surface area contributed by atoms with Crippen molar-refractivity contribution in [2.75, 3.05) is 52.1 Å². The lowest BCUT2D eigenvalue weighted by atomic mass is 10.3. The summed E-state index contributed by atoms with van der Waals surface area (Å²) >= 11 is 0.